The number of imide groups is 1. The Hall–Kier alpha value is -3.68. The Balaban J connectivity index is 1.65. The number of rotatable bonds is 10. The minimum Gasteiger partial charge on any atom is -0.447 e. The van der Waals surface area contributed by atoms with Crippen molar-refractivity contribution in [2.45, 2.75) is 64.0 Å². The highest BCUT2D eigenvalue weighted by Gasteiger charge is 2.43. The molecule has 3 amide bonds. The van der Waals surface area contributed by atoms with Crippen LogP contribution in [0.3, 0.4) is 0 Å². The third-order valence-electron chi connectivity index (χ3n) is 5.73. The van der Waals surface area contributed by atoms with Gasteiger partial charge >= 0.3 is 12.2 Å². The number of amides is 3. The first-order valence-electron chi connectivity index (χ1n) is 12.2. The van der Waals surface area contributed by atoms with Crippen LogP contribution < -0.4 is 5.32 Å². The molecule has 192 valence electrons. The zero-order valence-corrected chi connectivity index (χ0v) is 21.1. The molecular weight excluding hydrogens is 460 g/mol. The summed E-state index contributed by atoms with van der Waals surface area (Å²) in [4.78, 5) is 52.4. The molecule has 1 N–H and O–H groups in total. The monoisotopic (exact) mass is 494 g/mol. The summed E-state index contributed by atoms with van der Waals surface area (Å²) in [6.45, 7) is 5.79. The maximum atomic E-state index is 13.6. The van der Waals surface area contributed by atoms with Crippen LogP contribution >= 0.6 is 0 Å². The van der Waals surface area contributed by atoms with E-state index in [9.17, 15) is 19.2 Å². The lowest BCUT2D eigenvalue weighted by Crippen LogP contribution is -2.44. The molecule has 1 aliphatic heterocycles. The number of hydrogen-bond acceptors (Lipinski definition) is 6. The second kappa shape index (κ2) is 12.3. The lowest BCUT2D eigenvalue weighted by molar-refractivity contribution is -0.136. The van der Waals surface area contributed by atoms with Crippen LogP contribution in [0.5, 0.6) is 0 Å². The van der Waals surface area contributed by atoms with E-state index in [4.69, 9.17) is 9.47 Å². The summed E-state index contributed by atoms with van der Waals surface area (Å²) >= 11 is 0. The fourth-order valence-corrected chi connectivity index (χ4v) is 4.09. The molecule has 0 aliphatic carbocycles. The Labute approximate surface area is 212 Å². The van der Waals surface area contributed by atoms with Gasteiger partial charge in [0.15, 0.2) is 0 Å². The number of ketones is 1. The third-order valence-corrected chi connectivity index (χ3v) is 5.73. The first-order valence-corrected chi connectivity index (χ1v) is 12.2. The van der Waals surface area contributed by atoms with Gasteiger partial charge in [-0.3, -0.25) is 9.59 Å². The molecule has 0 radical (unpaired) electrons. The molecule has 2 aromatic carbocycles. The quantitative estimate of drug-likeness (QED) is 0.382. The van der Waals surface area contributed by atoms with Crippen LogP contribution in [0, 0.1) is 0 Å². The van der Waals surface area contributed by atoms with E-state index in [0.29, 0.717) is 31.4 Å². The van der Waals surface area contributed by atoms with Crippen molar-refractivity contribution in [3.05, 3.63) is 71.8 Å². The van der Waals surface area contributed by atoms with E-state index >= 15 is 0 Å². The Morgan fingerprint density at radius 1 is 1.03 bits per heavy atom. The molecule has 8 heteroatoms. The summed E-state index contributed by atoms with van der Waals surface area (Å²) in [7, 11) is 0. The van der Waals surface area contributed by atoms with E-state index in [-0.39, 0.29) is 18.8 Å². The topological polar surface area (TPSA) is 102 Å². The molecule has 0 aromatic heterocycles. The maximum Gasteiger partial charge on any atom is 0.417 e. The van der Waals surface area contributed by atoms with Gasteiger partial charge in [0, 0.05) is 13.0 Å². The van der Waals surface area contributed by atoms with Crippen molar-refractivity contribution in [2.24, 2.45) is 0 Å². The number of ether oxygens (including phenoxy) is 2. The van der Waals surface area contributed by atoms with Crippen molar-refractivity contribution in [2.75, 3.05) is 13.2 Å². The van der Waals surface area contributed by atoms with Gasteiger partial charge < -0.3 is 14.8 Å². The molecule has 36 heavy (non-hydrogen) atoms. The van der Waals surface area contributed by atoms with Gasteiger partial charge in [0.2, 0.25) is 5.91 Å². The zero-order valence-electron chi connectivity index (χ0n) is 21.1. The Morgan fingerprint density at radius 2 is 1.67 bits per heavy atom. The molecule has 1 unspecified atom stereocenters. The van der Waals surface area contributed by atoms with Gasteiger partial charge in [0.25, 0.3) is 0 Å². The molecule has 1 heterocycles. The molecule has 8 nitrogen and oxygen atoms in total. The predicted molar refractivity (Wildman–Crippen MR) is 134 cm³/mol. The van der Waals surface area contributed by atoms with Gasteiger partial charge in [-0.05, 0) is 51.2 Å². The van der Waals surface area contributed by atoms with Crippen LogP contribution in [0.25, 0.3) is 0 Å². The van der Waals surface area contributed by atoms with E-state index in [2.05, 4.69) is 5.32 Å². The summed E-state index contributed by atoms with van der Waals surface area (Å²) in [5.74, 6) is -1.95. The Morgan fingerprint density at radius 3 is 2.31 bits per heavy atom. The van der Waals surface area contributed by atoms with Crippen LogP contribution in [0.15, 0.2) is 60.7 Å². The maximum absolute atomic E-state index is 13.6. The molecule has 1 saturated heterocycles. The number of hydrogen-bond donors (Lipinski definition) is 1. The molecule has 2 aromatic rings. The first-order chi connectivity index (χ1) is 17.2. The third kappa shape index (κ3) is 7.66. The number of carbonyl (C=O) groups is 4. The summed E-state index contributed by atoms with van der Waals surface area (Å²) in [6.07, 6.45) is 0.365. The van der Waals surface area contributed by atoms with Crippen LogP contribution in [0.1, 0.15) is 57.1 Å². The second-order valence-corrected chi connectivity index (χ2v) is 9.82. The van der Waals surface area contributed by atoms with Crippen LogP contribution in [-0.4, -0.2) is 53.6 Å². The highest BCUT2D eigenvalue weighted by atomic mass is 16.6. The lowest BCUT2D eigenvalue weighted by atomic mass is 9.90. The van der Waals surface area contributed by atoms with E-state index in [1.165, 1.54) is 0 Å². The van der Waals surface area contributed by atoms with Gasteiger partial charge in [0.1, 0.15) is 23.9 Å². The largest absolute Gasteiger partial charge is 0.447 e. The highest BCUT2D eigenvalue weighted by Crippen LogP contribution is 2.27. The summed E-state index contributed by atoms with van der Waals surface area (Å²) in [5, 5.41) is 2.67. The van der Waals surface area contributed by atoms with Crippen LogP contribution in [0.4, 0.5) is 9.59 Å². The van der Waals surface area contributed by atoms with Crippen molar-refractivity contribution in [1.82, 2.24) is 10.2 Å². The number of carbonyl (C=O) groups excluding carboxylic acids is 4. The standard InChI is InChI=1S/C28H34N2O6/c1-28(2,3)36-26(33)29-17-11-10-16-23(31)24(21-14-8-5-9-15-21)25(32)30-22(19-35-27(30)34)18-20-12-6-4-7-13-20/h4-9,12-15,22,24H,10-11,16-19H2,1-3H3,(H,29,33)/t22-,24?/m0/s1. The smallest absolute Gasteiger partial charge is 0.417 e. The number of nitrogens with one attached hydrogen (secondary N) is 1. The minimum atomic E-state index is -1.10. The molecule has 0 bridgehead atoms. The van der Waals surface area contributed by atoms with Crippen molar-refractivity contribution < 1.29 is 28.7 Å². The van der Waals surface area contributed by atoms with E-state index in [0.717, 1.165) is 10.5 Å². The van der Waals surface area contributed by atoms with Gasteiger partial charge in [0.05, 0.1) is 6.04 Å². The molecule has 0 spiro atoms. The van der Waals surface area contributed by atoms with Gasteiger partial charge in [-0.15, -0.1) is 0 Å². The predicted octanol–water partition coefficient (Wildman–Crippen LogP) is 4.62. The van der Waals surface area contributed by atoms with Crippen LogP contribution in [-0.2, 0) is 25.5 Å². The van der Waals surface area contributed by atoms with Crippen LogP contribution in [0.2, 0.25) is 0 Å². The van der Waals surface area contributed by atoms with E-state index in [1.54, 1.807) is 51.1 Å². The summed E-state index contributed by atoms with van der Waals surface area (Å²) in [5.41, 5.74) is 0.925. The summed E-state index contributed by atoms with van der Waals surface area (Å²) < 4.78 is 10.4. The lowest BCUT2D eigenvalue weighted by Gasteiger charge is -2.24. The number of cyclic esters (lactones) is 1. The molecule has 2 atom stereocenters. The van der Waals surface area contributed by atoms with Crippen molar-refractivity contribution in [1.29, 1.82) is 0 Å². The second-order valence-electron chi connectivity index (χ2n) is 9.82. The fourth-order valence-electron chi connectivity index (χ4n) is 4.09. The molecule has 1 aliphatic rings. The average Bonchev–Trinajstić information content (AvgIpc) is 3.19. The number of nitrogens with zero attached hydrogens (tertiary/aromatic N) is 1. The number of alkyl carbamates (subject to hydrolysis) is 1. The molecule has 3 rings (SSSR count). The number of Topliss-reactive ketones (excluding diaryl/α,β-unsaturated/α-hetero) is 1. The zero-order chi connectivity index (χ0) is 26.1. The average molecular weight is 495 g/mol. The van der Waals surface area contributed by atoms with Gasteiger partial charge in [-0.1, -0.05) is 60.7 Å². The number of benzene rings is 2. The minimum absolute atomic E-state index is 0.0888. The normalized spacial score (nSPS) is 16.2. The van der Waals surface area contributed by atoms with E-state index < -0.39 is 35.7 Å². The highest BCUT2D eigenvalue weighted by molar-refractivity contribution is 6.11. The summed E-state index contributed by atoms with van der Waals surface area (Å²) in [6, 6.07) is 17.8. The van der Waals surface area contributed by atoms with Crippen molar-refractivity contribution in [3.8, 4) is 0 Å². The SMILES string of the molecule is CC(C)(C)OC(=O)NCCCCC(=O)C(C(=O)N1C(=O)OC[C@@H]1Cc1ccccc1)c1ccccc1. The fraction of sp³-hybridized carbons (Fsp3) is 0.429. The Bertz CT molecular complexity index is 1050. The molecule has 0 saturated carbocycles. The number of unbranched alkanes of at least 4 members (excludes halogenated alkanes) is 1. The Kier molecular flexibility index (Phi) is 9.22. The van der Waals surface area contributed by atoms with Gasteiger partial charge in [-0.25, -0.2) is 14.5 Å². The first kappa shape index (κ1) is 26.9. The van der Waals surface area contributed by atoms with Crippen molar-refractivity contribution in [3.63, 3.8) is 0 Å². The van der Waals surface area contributed by atoms with Crippen molar-refractivity contribution >= 4 is 23.9 Å². The molecule has 1 fully saturated rings. The van der Waals surface area contributed by atoms with Gasteiger partial charge in [-0.2, -0.15) is 0 Å². The van der Waals surface area contributed by atoms with E-state index in [1.807, 2.05) is 30.3 Å². The molecular formula is C28H34N2O6.